The summed E-state index contributed by atoms with van der Waals surface area (Å²) in [6.45, 7) is 1.45. The molecule has 1 aliphatic heterocycles. The molecule has 1 saturated heterocycles. The molecule has 0 aromatic heterocycles. The van der Waals surface area contributed by atoms with E-state index in [-0.39, 0.29) is 12.1 Å². The molecule has 1 aromatic carbocycles. The van der Waals surface area contributed by atoms with Gasteiger partial charge in [-0.3, -0.25) is 0 Å². The smallest absolute Gasteiger partial charge is 0.315 e. The largest absolute Gasteiger partial charge is 0.373 e. The summed E-state index contributed by atoms with van der Waals surface area (Å²) in [6, 6.07) is 10.6. The zero-order valence-electron chi connectivity index (χ0n) is 13.1. The van der Waals surface area contributed by atoms with Crippen molar-refractivity contribution < 1.29 is 9.53 Å². The van der Waals surface area contributed by atoms with Crippen molar-refractivity contribution in [2.45, 2.75) is 50.7 Å². The Hall–Kier alpha value is -1.55. The number of hydrogen-bond acceptors (Lipinski definition) is 2. The lowest BCUT2D eigenvalue weighted by Gasteiger charge is -2.24. The number of benzene rings is 1. The number of amides is 2. The zero-order chi connectivity index (χ0) is 15.2. The van der Waals surface area contributed by atoms with Crippen LogP contribution in [0.2, 0.25) is 0 Å². The van der Waals surface area contributed by atoms with Gasteiger partial charge in [0.25, 0.3) is 0 Å². The first-order valence-corrected chi connectivity index (χ1v) is 8.54. The molecule has 120 valence electrons. The summed E-state index contributed by atoms with van der Waals surface area (Å²) < 4.78 is 5.86. The maximum absolute atomic E-state index is 12.0. The van der Waals surface area contributed by atoms with Gasteiger partial charge < -0.3 is 15.4 Å². The first-order valence-electron chi connectivity index (χ1n) is 8.54. The van der Waals surface area contributed by atoms with Gasteiger partial charge in [-0.25, -0.2) is 4.79 Å². The Morgan fingerprint density at radius 3 is 2.64 bits per heavy atom. The van der Waals surface area contributed by atoms with Crippen LogP contribution in [0.4, 0.5) is 4.79 Å². The van der Waals surface area contributed by atoms with Crippen LogP contribution in [0, 0.1) is 5.92 Å². The molecule has 2 atom stereocenters. The van der Waals surface area contributed by atoms with Crippen LogP contribution in [0.3, 0.4) is 0 Å². The molecule has 1 heterocycles. The van der Waals surface area contributed by atoms with Crippen molar-refractivity contribution in [2.75, 3.05) is 13.2 Å². The fourth-order valence-electron chi connectivity index (χ4n) is 3.56. The van der Waals surface area contributed by atoms with Crippen molar-refractivity contribution in [3.63, 3.8) is 0 Å². The predicted molar refractivity (Wildman–Crippen MR) is 86.6 cm³/mol. The van der Waals surface area contributed by atoms with E-state index in [1.54, 1.807) is 0 Å². The number of carbonyl (C=O) groups is 1. The van der Waals surface area contributed by atoms with Crippen molar-refractivity contribution in [3.8, 4) is 0 Å². The lowest BCUT2D eigenvalue weighted by Crippen LogP contribution is -2.44. The topological polar surface area (TPSA) is 50.4 Å². The summed E-state index contributed by atoms with van der Waals surface area (Å²) in [5, 5.41) is 6.15. The monoisotopic (exact) mass is 302 g/mol. The van der Waals surface area contributed by atoms with Crippen molar-refractivity contribution >= 4 is 6.03 Å². The normalized spacial score (nSPS) is 25.8. The number of rotatable bonds is 4. The highest BCUT2D eigenvalue weighted by molar-refractivity contribution is 5.74. The molecule has 4 nitrogen and oxygen atoms in total. The van der Waals surface area contributed by atoms with E-state index in [9.17, 15) is 4.79 Å². The second-order valence-corrected chi connectivity index (χ2v) is 6.44. The van der Waals surface area contributed by atoms with E-state index in [4.69, 9.17) is 4.74 Å². The van der Waals surface area contributed by atoms with Gasteiger partial charge in [0, 0.05) is 25.1 Å². The van der Waals surface area contributed by atoms with Gasteiger partial charge in [-0.15, -0.1) is 0 Å². The van der Waals surface area contributed by atoms with E-state index in [1.165, 1.54) is 24.8 Å². The van der Waals surface area contributed by atoms with E-state index < -0.39 is 0 Å². The fourth-order valence-corrected chi connectivity index (χ4v) is 3.56. The Morgan fingerprint density at radius 1 is 1.09 bits per heavy atom. The summed E-state index contributed by atoms with van der Waals surface area (Å²) in [6.07, 6.45) is 7.12. The highest BCUT2D eigenvalue weighted by Gasteiger charge is 2.29. The van der Waals surface area contributed by atoms with Gasteiger partial charge in [0.05, 0.1) is 6.10 Å². The van der Waals surface area contributed by atoms with Crippen molar-refractivity contribution in [1.29, 1.82) is 0 Å². The van der Waals surface area contributed by atoms with Crippen LogP contribution in [0.1, 0.15) is 50.2 Å². The van der Waals surface area contributed by atoms with Crippen molar-refractivity contribution in [2.24, 2.45) is 5.92 Å². The van der Waals surface area contributed by atoms with Gasteiger partial charge in [-0.2, -0.15) is 0 Å². The van der Waals surface area contributed by atoms with Crippen LogP contribution in [-0.4, -0.2) is 25.2 Å². The lowest BCUT2D eigenvalue weighted by atomic mass is 9.95. The molecule has 0 radical (unpaired) electrons. The molecule has 3 rings (SSSR count). The molecule has 2 aliphatic rings. The Balaban J connectivity index is 1.47. The van der Waals surface area contributed by atoms with E-state index in [0.29, 0.717) is 18.5 Å². The van der Waals surface area contributed by atoms with Crippen LogP contribution < -0.4 is 10.6 Å². The summed E-state index contributed by atoms with van der Waals surface area (Å²) >= 11 is 0. The molecule has 1 saturated carbocycles. The average Bonchev–Trinajstić information content (AvgIpc) is 3.03. The SMILES string of the molecule is O=C(NC[C@H]1CCO[C@@H]1c1ccccc1)NC1CCCCC1. The summed E-state index contributed by atoms with van der Waals surface area (Å²) in [5.41, 5.74) is 1.21. The Labute approximate surface area is 132 Å². The third-order valence-corrected chi connectivity index (χ3v) is 4.81. The Morgan fingerprint density at radius 2 is 1.86 bits per heavy atom. The molecule has 2 N–H and O–H groups in total. The third-order valence-electron chi connectivity index (χ3n) is 4.81. The second-order valence-electron chi connectivity index (χ2n) is 6.44. The summed E-state index contributed by atoms with van der Waals surface area (Å²) in [4.78, 5) is 12.0. The van der Waals surface area contributed by atoms with Crippen LogP contribution in [0.25, 0.3) is 0 Å². The molecule has 2 fully saturated rings. The molecule has 0 unspecified atom stereocenters. The number of nitrogens with one attached hydrogen (secondary N) is 2. The number of hydrogen-bond donors (Lipinski definition) is 2. The minimum absolute atomic E-state index is 0.0226. The Kier molecular flexibility index (Phi) is 5.33. The molecule has 0 bridgehead atoms. The first kappa shape index (κ1) is 15.3. The summed E-state index contributed by atoms with van der Waals surface area (Å²) in [5.74, 6) is 0.361. The molecular weight excluding hydrogens is 276 g/mol. The average molecular weight is 302 g/mol. The van der Waals surface area contributed by atoms with Gasteiger partial charge in [-0.1, -0.05) is 49.6 Å². The molecule has 1 aromatic rings. The van der Waals surface area contributed by atoms with E-state index in [0.717, 1.165) is 25.9 Å². The minimum Gasteiger partial charge on any atom is -0.373 e. The lowest BCUT2D eigenvalue weighted by molar-refractivity contribution is 0.0909. The highest BCUT2D eigenvalue weighted by atomic mass is 16.5. The third kappa shape index (κ3) is 4.01. The highest BCUT2D eigenvalue weighted by Crippen LogP contribution is 2.33. The zero-order valence-corrected chi connectivity index (χ0v) is 13.1. The molecule has 22 heavy (non-hydrogen) atoms. The van der Waals surface area contributed by atoms with E-state index >= 15 is 0 Å². The minimum atomic E-state index is -0.0226. The van der Waals surface area contributed by atoms with E-state index in [1.807, 2.05) is 18.2 Å². The van der Waals surface area contributed by atoms with Gasteiger partial charge in [0.15, 0.2) is 0 Å². The quantitative estimate of drug-likeness (QED) is 0.895. The van der Waals surface area contributed by atoms with Crippen LogP contribution in [-0.2, 0) is 4.74 Å². The maximum Gasteiger partial charge on any atom is 0.315 e. The van der Waals surface area contributed by atoms with Crippen LogP contribution >= 0.6 is 0 Å². The van der Waals surface area contributed by atoms with Gasteiger partial charge in [-0.05, 0) is 24.8 Å². The molecule has 2 amide bonds. The van der Waals surface area contributed by atoms with Crippen molar-refractivity contribution in [1.82, 2.24) is 10.6 Å². The van der Waals surface area contributed by atoms with Crippen LogP contribution in [0.15, 0.2) is 30.3 Å². The van der Waals surface area contributed by atoms with E-state index in [2.05, 4.69) is 22.8 Å². The predicted octanol–water partition coefficient (Wildman–Crippen LogP) is 3.40. The molecule has 0 spiro atoms. The maximum atomic E-state index is 12.0. The van der Waals surface area contributed by atoms with Crippen molar-refractivity contribution in [3.05, 3.63) is 35.9 Å². The molecule has 4 heteroatoms. The fraction of sp³-hybridized carbons (Fsp3) is 0.611. The number of ether oxygens (including phenoxy) is 1. The number of urea groups is 1. The van der Waals surface area contributed by atoms with Crippen LogP contribution in [0.5, 0.6) is 0 Å². The Bertz CT molecular complexity index is 471. The van der Waals surface area contributed by atoms with Gasteiger partial charge in [0.1, 0.15) is 0 Å². The number of carbonyl (C=O) groups excluding carboxylic acids is 1. The van der Waals surface area contributed by atoms with Gasteiger partial charge in [0.2, 0.25) is 0 Å². The van der Waals surface area contributed by atoms with Gasteiger partial charge >= 0.3 is 6.03 Å². The second kappa shape index (κ2) is 7.63. The molecule has 1 aliphatic carbocycles. The molecular formula is C18H26N2O2. The summed E-state index contributed by atoms with van der Waals surface area (Å²) in [7, 11) is 0. The first-order chi connectivity index (χ1) is 10.8. The standard InChI is InChI=1S/C18H26N2O2/c21-18(20-16-9-5-2-6-10-16)19-13-15-11-12-22-17(15)14-7-3-1-4-8-14/h1,3-4,7-8,15-17H,2,5-6,9-13H2,(H2,19,20,21)/t15-,17-/m1/s1.